The van der Waals surface area contributed by atoms with E-state index < -0.39 is 0 Å². The molecule has 76 valence electrons. The molecular formula is C11H15NOS. The van der Waals surface area contributed by atoms with E-state index in [1.807, 2.05) is 0 Å². The zero-order valence-electron chi connectivity index (χ0n) is 8.19. The maximum atomic E-state index is 10.3. The molecule has 0 spiro atoms. The fraction of sp³-hybridized carbons (Fsp3) is 0.545. The highest BCUT2D eigenvalue weighted by Crippen LogP contribution is 2.28. The van der Waals surface area contributed by atoms with Gasteiger partial charge in [0.1, 0.15) is 6.29 Å². The first-order valence-electron chi connectivity index (χ1n) is 5.09. The first kappa shape index (κ1) is 9.87. The van der Waals surface area contributed by atoms with Crippen LogP contribution in [0.2, 0.25) is 0 Å². The third-order valence-electron chi connectivity index (χ3n) is 2.56. The molecule has 1 aromatic rings. The molecule has 1 aromatic heterocycles. The Morgan fingerprint density at radius 3 is 3.00 bits per heavy atom. The van der Waals surface area contributed by atoms with Crippen molar-refractivity contribution in [1.82, 2.24) is 4.90 Å². The first-order chi connectivity index (χ1) is 6.90. The monoisotopic (exact) mass is 209 g/mol. The summed E-state index contributed by atoms with van der Waals surface area (Å²) < 4.78 is 0. The van der Waals surface area contributed by atoms with Gasteiger partial charge in [-0.2, -0.15) is 11.3 Å². The molecule has 3 heteroatoms. The fourth-order valence-electron chi connectivity index (χ4n) is 1.67. The summed E-state index contributed by atoms with van der Waals surface area (Å²) in [5.41, 5.74) is 1.38. The van der Waals surface area contributed by atoms with Crippen LogP contribution < -0.4 is 0 Å². The maximum Gasteiger partial charge on any atom is 0.121 e. The van der Waals surface area contributed by atoms with Crippen molar-refractivity contribution in [2.24, 2.45) is 0 Å². The van der Waals surface area contributed by atoms with Crippen LogP contribution in [0.1, 0.15) is 24.8 Å². The second-order valence-corrected chi connectivity index (χ2v) is 4.57. The van der Waals surface area contributed by atoms with Crippen molar-refractivity contribution in [3.05, 3.63) is 22.4 Å². The molecule has 0 unspecified atom stereocenters. The van der Waals surface area contributed by atoms with Crippen molar-refractivity contribution in [3.8, 4) is 0 Å². The van der Waals surface area contributed by atoms with Crippen molar-refractivity contribution < 1.29 is 4.79 Å². The summed E-state index contributed by atoms with van der Waals surface area (Å²) in [5.74, 6) is 0. The van der Waals surface area contributed by atoms with Gasteiger partial charge in [-0.05, 0) is 35.2 Å². The number of hydrogen-bond donors (Lipinski definition) is 0. The summed E-state index contributed by atoms with van der Waals surface area (Å²) in [6.07, 6.45) is 4.30. The third-order valence-corrected chi connectivity index (χ3v) is 3.30. The Morgan fingerprint density at radius 2 is 2.43 bits per heavy atom. The Kier molecular flexibility index (Phi) is 3.32. The lowest BCUT2D eigenvalue weighted by Gasteiger charge is -2.19. The highest BCUT2D eigenvalue weighted by molar-refractivity contribution is 7.07. The summed E-state index contributed by atoms with van der Waals surface area (Å²) in [6, 6.07) is 2.91. The first-order valence-corrected chi connectivity index (χ1v) is 6.03. The van der Waals surface area contributed by atoms with Crippen LogP contribution in [0.3, 0.4) is 0 Å². The summed E-state index contributed by atoms with van der Waals surface area (Å²) >= 11 is 1.74. The van der Waals surface area contributed by atoms with Crippen LogP contribution in [0.25, 0.3) is 0 Å². The minimum atomic E-state index is 0.667. The van der Waals surface area contributed by atoms with Crippen LogP contribution in [-0.2, 0) is 11.3 Å². The Bertz CT molecular complexity index is 279. The highest BCUT2D eigenvalue weighted by atomic mass is 32.1. The van der Waals surface area contributed by atoms with Crippen molar-refractivity contribution in [1.29, 1.82) is 0 Å². The number of carbonyl (C=O) groups excluding carboxylic acids is 1. The number of rotatable bonds is 6. The van der Waals surface area contributed by atoms with Crippen molar-refractivity contribution in [2.45, 2.75) is 31.8 Å². The van der Waals surface area contributed by atoms with Crippen LogP contribution in [-0.4, -0.2) is 23.8 Å². The lowest BCUT2D eigenvalue weighted by atomic mass is 10.3. The van der Waals surface area contributed by atoms with Gasteiger partial charge in [0.25, 0.3) is 0 Å². The van der Waals surface area contributed by atoms with Gasteiger partial charge in [0.15, 0.2) is 0 Å². The lowest BCUT2D eigenvalue weighted by molar-refractivity contribution is -0.108. The Morgan fingerprint density at radius 1 is 1.57 bits per heavy atom. The molecule has 0 saturated heterocycles. The van der Waals surface area contributed by atoms with Crippen molar-refractivity contribution in [2.75, 3.05) is 6.54 Å². The van der Waals surface area contributed by atoms with E-state index in [0.717, 1.165) is 25.4 Å². The Balaban J connectivity index is 1.87. The smallest absolute Gasteiger partial charge is 0.121 e. The van der Waals surface area contributed by atoms with Crippen LogP contribution in [0.4, 0.5) is 0 Å². The zero-order valence-corrected chi connectivity index (χ0v) is 9.00. The van der Waals surface area contributed by atoms with E-state index in [9.17, 15) is 4.79 Å². The summed E-state index contributed by atoms with van der Waals surface area (Å²) in [6.45, 7) is 1.94. The van der Waals surface area contributed by atoms with Crippen LogP contribution >= 0.6 is 11.3 Å². The van der Waals surface area contributed by atoms with E-state index in [2.05, 4.69) is 21.7 Å². The minimum absolute atomic E-state index is 0.667. The lowest BCUT2D eigenvalue weighted by Crippen LogP contribution is -2.26. The van der Waals surface area contributed by atoms with Gasteiger partial charge >= 0.3 is 0 Å². The molecule has 1 saturated carbocycles. The second-order valence-electron chi connectivity index (χ2n) is 3.79. The highest BCUT2D eigenvalue weighted by Gasteiger charge is 2.28. The van der Waals surface area contributed by atoms with Crippen LogP contribution in [0.15, 0.2) is 16.8 Å². The second kappa shape index (κ2) is 4.71. The summed E-state index contributed by atoms with van der Waals surface area (Å²) in [5, 5.41) is 4.30. The van der Waals surface area contributed by atoms with Crippen LogP contribution in [0.5, 0.6) is 0 Å². The standard InChI is InChI=1S/C11H15NOS/c13-6-1-5-12(11-2-3-11)8-10-4-7-14-9-10/h4,6-7,9,11H,1-3,5,8H2. The van der Waals surface area contributed by atoms with Gasteiger partial charge in [-0.3, -0.25) is 4.90 Å². The quantitative estimate of drug-likeness (QED) is 0.670. The molecule has 1 fully saturated rings. The maximum absolute atomic E-state index is 10.3. The van der Waals surface area contributed by atoms with Gasteiger partial charge in [0.2, 0.25) is 0 Å². The Hall–Kier alpha value is -0.670. The van der Waals surface area contributed by atoms with Gasteiger partial charge in [0.05, 0.1) is 0 Å². The predicted molar refractivity (Wildman–Crippen MR) is 58.4 cm³/mol. The molecular weight excluding hydrogens is 194 g/mol. The van der Waals surface area contributed by atoms with Gasteiger partial charge in [-0.1, -0.05) is 0 Å². The molecule has 1 aliphatic carbocycles. The van der Waals surface area contributed by atoms with Gasteiger partial charge in [-0.25, -0.2) is 0 Å². The molecule has 14 heavy (non-hydrogen) atoms. The molecule has 2 nitrogen and oxygen atoms in total. The normalized spacial score (nSPS) is 16.1. The zero-order chi connectivity index (χ0) is 9.80. The average Bonchev–Trinajstić information content (AvgIpc) is 2.92. The van der Waals surface area contributed by atoms with Crippen molar-refractivity contribution >= 4 is 17.6 Å². The topological polar surface area (TPSA) is 20.3 Å². The SMILES string of the molecule is O=CCCN(Cc1ccsc1)C1CC1. The largest absolute Gasteiger partial charge is 0.303 e. The van der Waals surface area contributed by atoms with Gasteiger partial charge in [0, 0.05) is 25.6 Å². The molecule has 1 aliphatic rings. The molecule has 0 atom stereocenters. The summed E-state index contributed by atoms with van der Waals surface area (Å²) in [7, 11) is 0. The van der Waals surface area contributed by atoms with E-state index in [1.165, 1.54) is 18.4 Å². The number of nitrogens with zero attached hydrogens (tertiary/aromatic N) is 1. The Labute approximate surface area is 88.5 Å². The average molecular weight is 209 g/mol. The van der Waals surface area contributed by atoms with E-state index >= 15 is 0 Å². The number of hydrogen-bond acceptors (Lipinski definition) is 3. The van der Waals surface area contributed by atoms with E-state index in [0.29, 0.717) is 6.42 Å². The number of carbonyl (C=O) groups is 1. The third kappa shape index (κ3) is 2.66. The molecule has 2 rings (SSSR count). The van der Waals surface area contributed by atoms with Crippen LogP contribution in [0, 0.1) is 0 Å². The predicted octanol–water partition coefficient (Wildman–Crippen LogP) is 2.30. The van der Waals surface area contributed by atoms with Crippen molar-refractivity contribution in [3.63, 3.8) is 0 Å². The van der Waals surface area contributed by atoms with E-state index in [4.69, 9.17) is 0 Å². The van der Waals surface area contributed by atoms with Gasteiger partial charge in [-0.15, -0.1) is 0 Å². The molecule has 0 radical (unpaired) electrons. The fourth-order valence-corrected chi connectivity index (χ4v) is 2.33. The molecule has 1 heterocycles. The molecule has 0 aliphatic heterocycles. The van der Waals surface area contributed by atoms with E-state index in [-0.39, 0.29) is 0 Å². The number of aldehydes is 1. The number of thiophene rings is 1. The minimum Gasteiger partial charge on any atom is -0.303 e. The van der Waals surface area contributed by atoms with Gasteiger partial charge < -0.3 is 4.79 Å². The van der Waals surface area contributed by atoms with E-state index in [1.54, 1.807) is 11.3 Å². The summed E-state index contributed by atoms with van der Waals surface area (Å²) in [4.78, 5) is 12.8. The molecule has 0 amide bonds. The molecule has 0 aromatic carbocycles. The molecule has 0 bridgehead atoms. The molecule has 0 N–H and O–H groups in total.